The van der Waals surface area contributed by atoms with Crippen LogP contribution in [0.15, 0.2) is 41.6 Å². The lowest BCUT2D eigenvalue weighted by molar-refractivity contribution is 0.0500. The zero-order valence-electron chi connectivity index (χ0n) is 17.4. The van der Waals surface area contributed by atoms with Crippen LogP contribution in [-0.2, 0) is 14.6 Å². The van der Waals surface area contributed by atoms with Crippen LogP contribution in [0.4, 0.5) is 10.5 Å². The van der Waals surface area contributed by atoms with Crippen molar-refractivity contribution in [2.24, 2.45) is 0 Å². The molecule has 2 aromatic rings. The minimum Gasteiger partial charge on any atom is -0.444 e. The lowest BCUT2D eigenvalue weighted by atomic mass is 9.97. The van der Waals surface area contributed by atoms with Crippen LogP contribution in [0, 0.1) is 6.92 Å². The number of hydrogen-bond acceptors (Lipinski definition) is 6. The summed E-state index contributed by atoms with van der Waals surface area (Å²) in [6, 6.07) is 5.93. The summed E-state index contributed by atoms with van der Waals surface area (Å²) in [4.78, 5) is 28.9. The van der Waals surface area contributed by atoms with E-state index in [9.17, 15) is 18.0 Å². The van der Waals surface area contributed by atoms with Gasteiger partial charge in [0.15, 0.2) is 9.84 Å². The first kappa shape index (κ1) is 21.8. The Hall–Kier alpha value is -2.94. The molecule has 2 heterocycles. The molecule has 1 aromatic carbocycles. The minimum atomic E-state index is -3.59. The third-order valence-corrected chi connectivity index (χ3v) is 6.61. The number of hydrogen-bond donors (Lipinski definition) is 2. The molecule has 0 aliphatic carbocycles. The lowest BCUT2D eigenvalue weighted by Crippen LogP contribution is -2.38. The second kappa shape index (κ2) is 8.06. The third kappa shape index (κ3) is 4.79. The molecule has 1 aliphatic heterocycles. The summed E-state index contributed by atoms with van der Waals surface area (Å²) >= 11 is 0. The minimum absolute atomic E-state index is 0.0946. The highest BCUT2D eigenvalue weighted by atomic mass is 32.2. The summed E-state index contributed by atoms with van der Waals surface area (Å²) in [6.07, 6.45) is 2.71. The number of sulfone groups is 1. The van der Waals surface area contributed by atoms with Crippen molar-refractivity contribution in [3.8, 4) is 0 Å². The van der Waals surface area contributed by atoms with Gasteiger partial charge in [0, 0.05) is 23.6 Å². The molecule has 8 nitrogen and oxygen atoms in total. The Labute approximate surface area is 176 Å². The summed E-state index contributed by atoms with van der Waals surface area (Å²) in [5.41, 5.74) is 0.963. The van der Waals surface area contributed by atoms with E-state index in [1.807, 2.05) is 0 Å². The summed E-state index contributed by atoms with van der Waals surface area (Å²) in [6.45, 7) is 6.87. The predicted molar refractivity (Wildman–Crippen MR) is 112 cm³/mol. The van der Waals surface area contributed by atoms with E-state index in [4.69, 9.17) is 4.74 Å². The first-order valence-corrected chi connectivity index (χ1v) is 11.2. The number of fused-ring (bicyclic) bond motifs is 1. The predicted octanol–water partition coefficient (Wildman–Crippen LogP) is 3.39. The van der Waals surface area contributed by atoms with E-state index in [1.54, 1.807) is 64.4 Å². The molecule has 0 saturated heterocycles. The highest BCUT2D eigenvalue weighted by Gasteiger charge is 2.35. The van der Waals surface area contributed by atoms with Gasteiger partial charge in [-0.25, -0.2) is 13.2 Å². The number of benzene rings is 1. The van der Waals surface area contributed by atoms with Gasteiger partial charge < -0.3 is 15.4 Å². The van der Waals surface area contributed by atoms with Gasteiger partial charge in [0.2, 0.25) is 0 Å². The Morgan fingerprint density at radius 3 is 2.43 bits per heavy atom. The smallest absolute Gasteiger partial charge is 0.408 e. The third-order valence-electron chi connectivity index (χ3n) is 4.67. The summed E-state index contributed by atoms with van der Waals surface area (Å²) in [5, 5.41) is 5.49. The molecule has 0 fully saturated rings. The number of carbonyl (C=O) groups is 2. The molecule has 2 amide bonds. The summed E-state index contributed by atoms with van der Waals surface area (Å²) in [5.74, 6) is -0.546. The van der Waals surface area contributed by atoms with E-state index < -0.39 is 33.5 Å². The van der Waals surface area contributed by atoms with E-state index >= 15 is 0 Å². The van der Waals surface area contributed by atoms with Crippen LogP contribution >= 0.6 is 0 Å². The van der Waals surface area contributed by atoms with Crippen molar-refractivity contribution in [1.29, 1.82) is 0 Å². The number of pyridine rings is 1. The standard InChI is InChI=1S/C21H25N3O5S/c1-13-15(19(25)23-14-7-10-22-11-8-14)5-6-16-17(9-12-30(27,28)18(13)16)24-20(26)29-21(2,3)4/h5-8,10-11,17H,9,12H2,1-4H3,(H,24,26)(H,22,23,25)/t17-/m0/s1. The Morgan fingerprint density at radius 1 is 1.13 bits per heavy atom. The van der Waals surface area contributed by atoms with Gasteiger partial charge in [-0.15, -0.1) is 0 Å². The van der Waals surface area contributed by atoms with E-state index in [1.165, 1.54) is 0 Å². The molecule has 3 rings (SSSR count). The molecule has 30 heavy (non-hydrogen) atoms. The second-order valence-corrected chi connectivity index (χ2v) is 10.2. The number of nitrogens with zero attached hydrogens (tertiary/aromatic N) is 1. The van der Waals surface area contributed by atoms with Crippen molar-refractivity contribution in [3.63, 3.8) is 0 Å². The molecule has 2 N–H and O–H groups in total. The van der Waals surface area contributed by atoms with Crippen molar-refractivity contribution in [2.45, 2.75) is 50.7 Å². The largest absolute Gasteiger partial charge is 0.444 e. The lowest BCUT2D eigenvalue weighted by Gasteiger charge is -2.29. The number of aromatic nitrogens is 1. The number of nitrogens with one attached hydrogen (secondary N) is 2. The van der Waals surface area contributed by atoms with Crippen molar-refractivity contribution < 1.29 is 22.7 Å². The average Bonchev–Trinajstić information content (AvgIpc) is 2.63. The number of amides is 2. The van der Waals surface area contributed by atoms with Crippen molar-refractivity contribution >= 4 is 27.5 Å². The van der Waals surface area contributed by atoms with Crippen LogP contribution in [0.5, 0.6) is 0 Å². The number of rotatable bonds is 3. The maximum Gasteiger partial charge on any atom is 0.408 e. The highest BCUT2D eigenvalue weighted by Crippen LogP contribution is 2.36. The maximum absolute atomic E-state index is 12.8. The van der Waals surface area contributed by atoms with E-state index in [2.05, 4.69) is 15.6 Å². The fraction of sp³-hybridized carbons (Fsp3) is 0.381. The van der Waals surface area contributed by atoms with Crippen LogP contribution in [-0.4, -0.2) is 36.8 Å². The SMILES string of the molecule is Cc1c(C(=O)Nc2ccncc2)ccc2c1S(=O)(=O)CC[C@@H]2NC(=O)OC(C)(C)C. The van der Waals surface area contributed by atoms with E-state index in [0.717, 1.165) is 0 Å². The van der Waals surface area contributed by atoms with Crippen LogP contribution in [0.3, 0.4) is 0 Å². The quantitative estimate of drug-likeness (QED) is 0.770. The van der Waals surface area contributed by atoms with Crippen molar-refractivity contribution in [2.75, 3.05) is 11.1 Å². The molecule has 1 atom stereocenters. The molecule has 1 aromatic heterocycles. The molecular weight excluding hydrogens is 406 g/mol. The van der Waals surface area contributed by atoms with E-state index in [-0.39, 0.29) is 22.6 Å². The normalized spacial score (nSPS) is 17.5. The topological polar surface area (TPSA) is 114 Å². The maximum atomic E-state index is 12.8. The second-order valence-electron chi connectivity index (χ2n) is 8.15. The fourth-order valence-electron chi connectivity index (χ4n) is 3.41. The number of anilines is 1. The number of carbonyl (C=O) groups excluding carboxylic acids is 2. The number of ether oxygens (including phenoxy) is 1. The van der Waals surface area contributed by atoms with Crippen molar-refractivity contribution in [1.82, 2.24) is 10.3 Å². The van der Waals surface area contributed by atoms with Crippen LogP contribution in [0.25, 0.3) is 0 Å². The first-order chi connectivity index (χ1) is 14.0. The highest BCUT2D eigenvalue weighted by molar-refractivity contribution is 7.91. The zero-order valence-corrected chi connectivity index (χ0v) is 18.2. The van der Waals surface area contributed by atoms with Gasteiger partial charge in [0.1, 0.15) is 5.60 Å². The van der Waals surface area contributed by atoms with Crippen LogP contribution < -0.4 is 10.6 Å². The Balaban J connectivity index is 1.93. The van der Waals surface area contributed by atoms with Gasteiger partial charge in [0.25, 0.3) is 5.91 Å². The Bertz CT molecular complexity index is 1080. The molecule has 0 saturated carbocycles. The monoisotopic (exact) mass is 431 g/mol. The molecule has 0 radical (unpaired) electrons. The molecular formula is C21H25N3O5S. The van der Waals surface area contributed by atoms with Gasteiger partial charge in [-0.3, -0.25) is 9.78 Å². The summed E-state index contributed by atoms with van der Waals surface area (Å²) < 4.78 is 30.9. The zero-order chi connectivity index (χ0) is 22.1. The fourth-order valence-corrected chi connectivity index (χ4v) is 5.31. The molecule has 160 valence electrons. The summed E-state index contributed by atoms with van der Waals surface area (Å²) in [7, 11) is -3.59. The average molecular weight is 432 g/mol. The first-order valence-electron chi connectivity index (χ1n) is 9.55. The van der Waals surface area contributed by atoms with Gasteiger partial charge in [-0.2, -0.15) is 0 Å². The van der Waals surface area contributed by atoms with Gasteiger partial charge >= 0.3 is 6.09 Å². The molecule has 0 bridgehead atoms. The Morgan fingerprint density at radius 2 is 1.80 bits per heavy atom. The molecule has 0 spiro atoms. The molecule has 0 unspecified atom stereocenters. The number of alkyl carbamates (subject to hydrolysis) is 1. The van der Waals surface area contributed by atoms with E-state index in [0.29, 0.717) is 16.8 Å². The molecule has 9 heteroatoms. The van der Waals surface area contributed by atoms with Gasteiger partial charge in [0.05, 0.1) is 16.7 Å². The van der Waals surface area contributed by atoms with Gasteiger partial charge in [-0.1, -0.05) is 6.07 Å². The van der Waals surface area contributed by atoms with Crippen LogP contribution in [0.2, 0.25) is 0 Å². The Kier molecular flexibility index (Phi) is 5.85. The van der Waals surface area contributed by atoms with Crippen molar-refractivity contribution in [3.05, 3.63) is 53.3 Å². The van der Waals surface area contributed by atoms with Crippen LogP contribution in [0.1, 0.15) is 54.7 Å². The molecule has 1 aliphatic rings. The van der Waals surface area contributed by atoms with Gasteiger partial charge in [-0.05, 0) is 63.4 Å².